The van der Waals surface area contributed by atoms with Crippen molar-refractivity contribution in [1.82, 2.24) is 9.21 Å². The van der Waals surface area contributed by atoms with Crippen molar-refractivity contribution >= 4 is 50.5 Å². The van der Waals surface area contributed by atoms with E-state index >= 15 is 0 Å². The molecule has 0 unspecified atom stereocenters. The molecule has 1 heterocycles. The van der Waals surface area contributed by atoms with E-state index in [0.29, 0.717) is 10.7 Å². The molecule has 10 heteroatoms. The van der Waals surface area contributed by atoms with Gasteiger partial charge in [-0.1, -0.05) is 23.2 Å². The van der Waals surface area contributed by atoms with E-state index in [0.717, 1.165) is 31.9 Å². The number of benzene rings is 2. The number of piperazine rings is 1. The molecule has 3 rings (SSSR count). The number of hydrogen-bond donors (Lipinski definition) is 1. The van der Waals surface area contributed by atoms with Crippen molar-refractivity contribution in [2.24, 2.45) is 0 Å². The summed E-state index contributed by atoms with van der Waals surface area (Å²) in [6.45, 7) is 7.00. The Morgan fingerprint density at radius 3 is 2.34 bits per heavy atom. The van der Waals surface area contributed by atoms with E-state index < -0.39 is 15.9 Å². The molecule has 1 N–H and O–H groups in total. The summed E-state index contributed by atoms with van der Waals surface area (Å²) in [5.74, 6) is -0.503. The van der Waals surface area contributed by atoms with Crippen molar-refractivity contribution < 1.29 is 13.2 Å². The van der Waals surface area contributed by atoms with Crippen molar-refractivity contribution in [3.8, 4) is 0 Å². The number of halogens is 2. The zero-order valence-electron chi connectivity index (χ0n) is 18.6. The maximum absolute atomic E-state index is 13.1. The molecule has 0 saturated carbocycles. The van der Waals surface area contributed by atoms with E-state index in [4.69, 9.17) is 23.2 Å². The molecule has 1 saturated heterocycles. The number of sulfonamides is 1. The normalized spacial score (nSPS) is 15.4. The largest absolute Gasteiger partial charge is 0.367 e. The van der Waals surface area contributed by atoms with Crippen molar-refractivity contribution in [2.45, 2.75) is 24.8 Å². The van der Waals surface area contributed by atoms with Crippen LogP contribution in [0, 0.1) is 0 Å². The van der Waals surface area contributed by atoms with E-state index in [9.17, 15) is 13.2 Å². The fourth-order valence-electron chi connectivity index (χ4n) is 3.40. The SMILES string of the molecule is CC(C)N(C)S(=O)(=O)c1ccc(Cl)c(C(=O)Nc2cc(Cl)ccc2N2CCN(C)CC2)c1. The van der Waals surface area contributed by atoms with Crippen LogP contribution < -0.4 is 10.2 Å². The monoisotopic (exact) mass is 498 g/mol. The number of anilines is 2. The first-order valence-electron chi connectivity index (χ1n) is 10.3. The van der Waals surface area contributed by atoms with E-state index in [-0.39, 0.29) is 21.5 Å². The molecule has 0 bridgehead atoms. The van der Waals surface area contributed by atoms with E-state index in [2.05, 4.69) is 22.2 Å². The minimum Gasteiger partial charge on any atom is -0.367 e. The van der Waals surface area contributed by atoms with Gasteiger partial charge >= 0.3 is 0 Å². The van der Waals surface area contributed by atoms with Gasteiger partial charge in [0.1, 0.15) is 0 Å². The van der Waals surface area contributed by atoms with Gasteiger partial charge in [-0.25, -0.2) is 8.42 Å². The lowest BCUT2D eigenvalue weighted by Crippen LogP contribution is -2.44. The van der Waals surface area contributed by atoms with Crippen LogP contribution in [-0.4, -0.2) is 69.8 Å². The predicted octanol–water partition coefficient (Wildman–Crippen LogP) is 4.03. The number of rotatable bonds is 6. The van der Waals surface area contributed by atoms with Crippen molar-refractivity contribution in [3.05, 3.63) is 52.0 Å². The molecule has 1 amide bonds. The number of amides is 1. The van der Waals surface area contributed by atoms with E-state index in [1.165, 1.54) is 29.6 Å². The third-order valence-electron chi connectivity index (χ3n) is 5.64. The second kappa shape index (κ2) is 9.97. The quantitative estimate of drug-likeness (QED) is 0.650. The Balaban J connectivity index is 1.92. The van der Waals surface area contributed by atoms with Gasteiger partial charge in [0.15, 0.2) is 0 Å². The highest BCUT2D eigenvalue weighted by molar-refractivity contribution is 7.89. The molecule has 1 aliphatic rings. The van der Waals surface area contributed by atoms with Crippen LogP contribution in [0.3, 0.4) is 0 Å². The van der Waals surface area contributed by atoms with Gasteiger partial charge in [-0.3, -0.25) is 4.79 Å². The van der Waals surface area contributed by atoms with Crippen LogP contribution in [-0.2, 0) is 10.0 Å². The molecule has 32 heavy (non-hydrogen) atoms. The third kappa shape index (κ3) is 5.38. The predicted molar refractivity (Wildman–Crippen MR) is 131 cm³/mol. The fourth-order valence-corrected chi connectivity index (χ4v) is 5.17. The summed E-state index contributed by atoms with van der Waals surface area (Å²) in [7, 11) is -0.187. The number of carbonyl (C=O) groups is 1. The molecule has 174 valence electrons. The first-order chi connectivity index (χ1) is 15.0. The highest BCUT2D eigenvalue weighted by atomic mass is 35.5. The van der Waals surface area contributed by atoms with E-state index in [1.54, 1.807) is 26.0 Å². The summed E-state index contributed by atoms with van der Waals surface area (Å²) in [5.41, 5.74) is 1.49. The van der Waals surface area contributed by atoms with Gasteiger partial charge in [-0.15, -0.1) is 0 Å². The topological polar surface area (TPSA) is 73.0 Å². The Morgan fingerprint density at radius 1 is 1.06 bits per heavy atom. The van der Waals surface area contributed by atoms with Crippen molar-refractivity contribution in [1.29, 1.82) is 0 Å². The zero-order chi connectivity index (χ0) is 23.6. The van der Waals surface area contributed by atoms with Crippen LogP contribution in [0.25, 0.3) is 0 Å². The van der Waals surface area contributed by atoms with Gasteiger partial charge < -0.3 is 15.1 Å². The summed E-state index contributed by atoms with van der Waals surface area (Å²) >= 11 is 12.5. The molecule has 0 atom stereocenters. The molecule has 1 aliphatic heterocycles. The Kier molecular flexibility index (Phi) is 7.73. The van der Waals surface area contributed by atoms with Crippen LogP contribution in [0.1, 0.15) is 24.2 Å². The van der Waals surface area contributed by atoms with Gasteiger partial charge in [0.25, 0.3) is 5.91 Å². The Labute approximate surface area is 199 Å². The van der Waals surface area contributed by atoms with Gasteiger partial charge in [0.2, 0.25) is 10.0 Å². The standard InChI is InChI=1S/C22H28Cl2N4O3S/c1-15(2)27(4)32(30,31)17-6-7-19(24)18(14-17)22(29)25-20-13-16(23)5-8-21(20)28-11-9-26(3)10-12-28/h5-8,13-15H,9-12H2,1-4H3,(H,25,29). The Morgan fingerprint density at radius 2 is 1.72 bits per heavy atom. The average Bonchev–Trinajstić information content (AvgIpc) is 2.74. The second-order valence-corrected chi connectivity index (χ2v) is 11.0. The first kappa shape index (κ1) is 24.8. The molecule has 2 aromatic carbocycles. The molecule has 7 nitrogen and oxygen atoms in total. The number of nitrogens with zero attached hydrogens (tertiary/aromatic N) is 3. The fraction of sp³-hybridized carbons (Fsp3) is 0.409. The lowest BCUT2D eigenvalue weighted by molar-refractivity contribution is 0.102. The summed E-state index contributed by atoms with van der Waals surface area (Å²) in [6, 6.07) is 9.26. The average molecular weight is 499 g/mol. The lowest BCUT2D eigenvalue weighted by atomic mass is 10.1. The molecule has 2 aromatic rings. The van der Waals surface area contributed by atoms with Gasteiger partial charge in [0, 0.05) is 44.3 Å². The van der Waals surface area contributed by atoms with Gasteiger partial charge in [0.05, 0.1) is 26.9 Å². The maximum atomic E-state index is 13.1. The second-order valence-electron chi connectivity index (χ2n) is 8.16. The number of hydrogen-bond acceptors (Lipinski definition) is 5. The van der Waals surface area contributed by atoms with Crippen LogP contribution >= 0.6 is 23.2 Å². The molecule has 1 fully saturated rings. The van der Waals surface area contributed by atoms with Crippen LogP contribution in [0.5, 0.6) is 0 Å². The minimum atomic E-state index is -3.76. The molecule has 0 spiro atoms. The summed E-state index contributed by atoms with van der Waals surface area (Å²) in [5, 5.41) is 3.53. The lowest BCUT2D eigenvalue weighted by Gasteiger charge is -2.35. The van der Waals surface area contributed by atoms with E-state index in [1.807, 2.05) is 6.07 Å². The minimum absolute atomic E-state index is 0.00800. The Bertz CT molecular complexity index is 1100. The van der Waals surface area contributed by atoms with Crippen molar-refractivity contribution in [2.75, 3.05) is 50.5 Å². The highest BCUT2D eigenvalue weighted by Crippen LogP contribution is 2.31. The maximum Gasteiger partial charge on any atom is 0.257 e. The van der Waals surface area contributed by atoms with Crippen LogP contribution in [0.15, 0.2) is 41.3 Å². The summed E-state index contributed by atoms with van der Waals surface area (Å²) in [4.78, 5) is 17.6. The number of likely N-dealkylation sites (N-methyl/N-ethyl adjacent to an activating group) is 1. The smallest absolute Gasteiger partial charge is 0.257 e. The van der Waals surface area contributed by atoms with Crippen molar-refractivity contribution in [3.63, 3.8) is 0 Å². The summed E-state index contributed by atoms with van der Waals surface area (Å²) < 4.78 is 27.0. The third-order valence-corrected chi connectivity index (χ3v) is 8.23. The molecule has 0 radical (unpaired) electrons. The molecular weight excluding hydrogens is 471 g/mol. The number of carbonyl (C=O) groups excluding carboxylic acids is 1. The Hall–Kier alpha value is -1.84. The van der Waals surface area contributed by atoms with Crippen LogP contribution in [0.2, 0.25) is 10.0 Å². The first-order valence-corrected chi connectivity index (χ1v) is 12.5. The summed E-state index contributed by atoms with van der Waals surface area (Å²) in [6.07, 6.45) is 0. The molecule has 0 aromatic heterocycles. The molecular formula is C22H28Cl2N4O3S. The zero-order valence-corrected chi connectivity index (χ0v) is 20.9. The highest BCUT2D eigenvalue weighted by Gasteiger charge is 2.26. The van der Waals surface area contributed by atoms with Gasteiger partial charge in [-0.05, 0) is 57.3 Å². The van der Waals surface area contributed by atoms with Crippen LogP contribution in [0.4, 0.5) is 11.4 Å². The van der Waals surface area contributed by atoms with Gasteiger partial charge in [-0.2, -0.15) is 4.31 Å². The molecule has 0 aliphatic carbocycles. The number of nitrogens with one attached hydrogen (secondary N) is 1.